The highest BCUT2D eigenvalue weighted by molar-refractivity contribution is 6.30. The number of anilines is 1. The maximum Gasteiger partial charge on any atom is 0.335 e. The first-order valence-corrected chi connectivity index (χ1v) is 7.66. The summed E-state index contributed by atoms with van der Waals surface area (Å²) in [5, 5.41) is 11.1. The highest BCUT2D eigenvalue weighted by Gasteiger charge is 2.14. The number of pyridine rings is 2. The third-order valence-electron chi connectivity index (χ3n) is 2.99. The second-order valence-electron chi connectivity index (χ2n) is 4.60. The molecular weight excluding hydrogens is 359 g/mol. The van der Waals surface area contributed by atoms with Gasteiger partial charge in [0, 0.05) is 31.5 Å². The molecule has 0 fully saturated rings. The van der Waals surface area contributed by atoms with Gasteiger partial charge in [0.15, 0.2) is 0 Å². The summed E-state index contributed by atoms with van der Waals surface area (Å²) in [7, 11) is 0. The van der Waals surface area contributed by atoms with Crippen molar-refractivity contribution in [2.24, 2.45) is 0 Å². The molecule has 0 aromatic carbocycles. The maximum atomic E-state index is 11.3. The summed E-state index contributed by atoms with van der Waals surface area (Å²) < 4.78 is 2.66. The van der Waals surface area contributed by atoms with Crippen LogP contribution in [0.15, 0.2) is 34.1 Å². The summed E-state index contributed by atoms with van der Waals surface area (Å²) in [6.45, 7) is 4.52. The van der Waals surface area contributed by atoms with Crippen molar-refractivity contribution in [2.45, 2.75) is 26.9 Å². The molecule has 0 atom stereocenters. The zero-order chi connectivity index (χ0) is 18.4. The van der Waals surface area contributed by atoms with Crippen LogP contribution in [0.1, 0.15) is 13.8 Å². The van der Waals surface area contributed by atoms with Crippen LogP contribution in [0.5, 0.6) is 0 Å². The van der Waals surface area contributed by atoms with Crippen molar-refractivity contribution >= 4 is 34.6 Å². The Kier molecular flexibility index (Phi) is 6.99. The largest absolute Gasteiger partial charge is 0.394 e. The molecule has 2 aromatic heterocycles. The number of nitrogen functional groups attached to an aromatic ring is 1. The molecule has 0 aliphatic carbocycles. The lowest BCUT2D eigenvalue weighted by Crippen LogP contribution is -2.21. The normalized spacial score (nSPS) is 10.0. The fraction of sp³-hybridized carbons (Fsp3) is 0.286. The van der Waals surface area contributed by atoms with Crippen molar-refractivity contribution in [1.82, 2.24) is 9.13 Å². The van der Waals surface area contributed by atoms with Gasteiger partial charge in [-0.05, 0) is 19.9 Å². The van der Waals surface area contributed by atoms with Gasteiger partial charge >= 0.3 is 11.2 Å². The Labute approximate surface area is 147 Å². The molecule has 2 rings (SSSR count). The zero-order valence-electron chi connectivity index (χ0n) is 13.0. The molecule has 0 radical (unpaired) electrons. The van der Waals surface area contributed by atoms with Gasteiger partial charge < -0.3 is 14.9 Å². The minimum absolute atomic E-state index is 0.183. The first kappa shape index (κ1) is 19.7. The number of nitrogens with two attached hydrogens (primary N) is 1. The van der Waals surface area contributed by atoms with Crippen molar-refractivity contribution in [2.75, 3.05) is 5.73 Å². The molecule has 10 heteroatoms. The standard InChI is InChI=1S/C7H7ClN2O3.C7H9ClN2O/c1-2-9-4-5(8)3-6(7(9)11)10(12)13;1-2-10-4-5(8)3-6(9)7(10)11/h3-4H,2H2,1H3;3-4H,2,9H2,1H3. The SMILES string of the molecule is CCn1cc(Cl)cc(N)c1=O.CCn1cc(Cl)cc([N+](=O)[O-])c1=O. The lowest BCUT2D eigenvalue weighted by molar-refractivity contribution is -0.386. The van der Waals surface area contributed by atoms with Gasteiger partial charge in [-0.15, -0.1) is 0 Å². The Morgan fingerprint density at radius 3 is 1.96 bits per heavy atom. The molecule has 0 saturated heterocycles. The van der Waals surface area contributed by atoms with Crippen molar-refractivity contribution < 1.29 is 4.92 Å². The number of nitrogens with zero attached hydrogens (tertiary/aromatic N) is 3. The average molecular weight is 375 g/mol. The first-order valence-electron chi connectivity index (χ1n) is 6.91. The van der Waals surface area contributed by atoms with Gasteiger partial charge in [-0.25, -0.2) is 0 Å². The fourth-order valence-electron chi connectivity index (χ4n) is 1.81. The highest BCUT2D eigenvalue weighted by Crippen LogP contribution is 2.12. The number of aryl methyl sites for hydroxylation is 2. The maximum absolute atomic E-state index is 11.3. The molecule has 0 aliphatic rings. The van der Waals surface area contributed by atoms with Crippen LogP contribution < -0.4 is 16.9 Å². The van der Waals surface area contributed by atoms with Crippen LogP contribution in [-0.2, 0) is 13.1 Å². The predicted molar refractivity (Wildman–Crippen MR) is 93.8 cm³/mol. The van der Waals surface area contributed by atoms with Crippen LogP contribution in [0.3, 0.4) is 0 Å². The molecule has 0 aliphatic heterocycles. The monoisotopic (exact) mass is 374 g/mol. The lowest BCUT2D eigenvalue weighted by Gasteiger charge is -2.02. The van der Waals surface area contributed by atoms with Gasteiger partial charge in [-0.3, -0.25) is 19.7 Å². The number of aromatic nitrogens is 2. The molecule has 2 N–H and O–H groups in total. The smallest absolute Gasteiger partial charge is 0.335 e. The molecule has 0 unspecified atom stereocenters. The lowest BCUT2D eigenvalue weighted by atomic mass is 10.4. The van der Waals surface area contributed by atoms with E-state index in [0.717, 1.165) is 6.07 Å². The Bertz CT molecular complexity index is 861. The van der Waals surface area contributed by atoms with Gasteiger partial charge in [0.25, 0.3) is 5.56 Å². The van der Waals surface area contributed by atoms with E-state index >= 15 is 0 Å². The van der Waals surface area contributed by atoms with Crippen LogP contribution in [0.25, 0.3) is 0 Å². The van der Waals surface area contributed by atoms with Crippen molar-refractivity contribution in [3.8, 4) is 0 Å². The Morgan fingerprint density at radius 2 is 1.50 bits per heavy atom. The number of halogens is 2. The molecule has 0 saturated carbocycles. The van der Waals surface area contributed by atoms with Crippen molar-refractivity contribution in [3.05, 3.63) is 65.4 Å². The summed E-state index contributed by atoms with van der Waals surface area (Å²) in [6, 6.07) is 2.51. The number of hydrogen-bond donors (Lipinski definition) is 1. The van der Waals surface area contributed by atoms with Crippen LogP contribution in [0.2, 0.25) is 10.0 Å². The van der Waals surface area contributed by atoms with E-state index in [2.05, 4.69) is 0 Å². The fourth-order valence-corrected chi connectivity index (χ4v) is 2.26. The summed E-state index contributed by atoms with van der Waals surface area (Å²) in [6.07, 6.45) is 2.94. The Morgan fingerprint density at radius 1 is 1.04 bits per heavy atom. The molecule has 0 amide bonds. The Hall–Kier alpha value is -2.32. The van der Waals surface area contributed by atoms with Gasteiger partial charge in [0.1, 0.15) is 0 Å². The molecule has 0 bridgehead atoms. The molecular formula is C14H16Cl2N4O4. The van der Waals surface area contributed by atoms with E-state index in [4.69, 9.17) is 28.9 Å². The van der Waals surface area contributed by atoms with Crippen LogP contribution >= 0.6 is 23.2 Å². The summed E-state index contributed by atoms with van der Waals surface area (Å²) in [4.78, 5) is 32.0. The van der Waals surface area contributed by atoms with E-state index < -0.39 is 16.2 Å². The molecule has 2 aromatic rings. The third-order valence-corrected chi connectivity index (χ3v) is 3.41. The predicted octanol–water partition coefficient (Wildman–Crippen LogP) is 2.53. The quantitative estimate of drug-likeness (QED) is 0.654. The highest BCUT2D eigenvalue weighted by atomic mass is 35.5. The van der Waals surface area contributed by atoms with E-state index in [1.165, 1.54) is 21.4 Å². The van der Waals surface area contributed by atoms with E-state index in [9.17, 15) is 19.7 Å². The second kappa shape index (κ2) is 8.51. The first-order chi connectivity index (χ1) is 11.2. The van der Waals surface area contributed by atoms with Crippen LogP contribution in [-0.4, -0.2) is 14.1 Å². The van der Waals surface area contributed by atoms with Gasteiger partial charge in [0.05, 0.1) is 20.7 Å². The van der Waals surface area contributed by atoms with E-state index in [1.807, 2.05) is 6.92 Å². The third kappa shape index (κ3) is 4.84. The zero-order valence-corrected chi connectivity index (χ0v) is 14.5. The van der Waals surface area contributed by atoms with Crippen molar-refractivity contribution in [1.29, 1.82) is 0 Å². The summed E-state index contributed by atoms with van der Waals surface area (Å²) >= 11 is 11.2. The molecule has 24 heavy (non-hydrogen) atoms. The van der Waals surface area contributed by atoms with E-state index in [-0.39, 0.29) is 16.3 Å². The number of rotatable bonds is 3. The van der Waals surface area contributed by atoms with Gasteiger partial charge in [-0.2, -0.15) is 0 Å². The summed E-state index contributed by atoms with van der Waals surface area (Å²) in [5.41, 5.74) is 4.27. The molecule has 130 valence electrons. The van der Waals surface area contributed by atoms with E-state index in [1.54, 1.807) is 13.1 Å². The topological polar surface area (TPSA) is 113 Å². The minimum Gasteiger partial charge on any atom is -0.394 e. The molecule has 0 spiro atoms. The van der Waals surface area contributed by atoms with Gasteiger partial charge in [0.2, 0.25) is 0 Å². The van der Waals surface area contributed by atoms with E-state index in [0.29, 0.717) is 18.1 Å². The number of nitro groups is 1. The van der Waals surface area contributed by atoms with Gasteiger partial charge in [-0.1, -0.05) is 23.2 Å². The number of hydrogen-bond acceptors (Lipinski definition) is 5. The van der Waals surface area contributed by atoms with Crippen LogP contribution in [0, 0.1) is 10.1 Å². The average Bonchev–Trinajstić information content (AvgIpc) is 2.53. The second-order valence-corrected chi connectivity index (χ2v) is 5.47. The summed E-state index contributed by atoms with van der Waals surface area (Å²) in [5.74, 6) is 0. The van der Waals surface area contributed by atoms with Crippen LogP contribution in [0.4, 0.5) is 11.4 Å². The van der Waals surface area contributed by atoms with Crippen molar-refractivity contribution in [3.63, 3.8) is 0 Å². The Balaban J connectivity index is 0.000000243. The minimum atomic E-state index is -0.736. The molecule has 8 nitrogen and oxygen atoms in total. The molecule has 2 heterocycles.